The van der Waals surface area contributed by atoms with Crippen LogP contribution in [0.4, 0.5) is 5.69 Å². The van der Waals surface area contributed by atoms with Gasteiger partial charge in [-0.3, -0.25) is 14.5 Å². The van der Waals surface area contributed by atoms with Crippen LogP contribution in [-0.2, 0) is 16.6 Å². The number of carbonyl (C=O) groups excluding carboxylic acids is 1. The first-order valence-electron chi connectivity index (χ1n) is 11.3. The molecule has 0 spiro atoms. The lowest BCUT2D eigenvalue weighted by Gasteiger charge is -2.13. The number of ether oxygens (including phenoxy) is 1. The van der Waals surface area contributed by atoms with E-state index >= 15 is 0 Å². The number of aryl methyl sites for hydroxylation is 1. The van der Waals surface area contributed by atoms with Crippen molar-refractivity contribution in [3.63, 3.8) is 0 Å². The first-order chi connectivity index (χ1) is 17.8. The number of carbonyl (C=O) groups is 1. The number of hydrogen-bond acceptors (Lipinski definition) is 8. The van der Waals surface area contributed by atoms with E-state index in [0.717, 1.165) is 41.5 Å². The molecule has 5 heterocycles. The second-order valence-corrected chi connectivity index (χ2v) is 12.3. The maximum Gasteiger partial charge on any atom is 0.262 e. The quantitative estimate of drug-likeness (QED) is 0.288. The number of anilines is 1. The average molecular weight is 549 g/mol. The minimum absolute atomic E-state index is 0.0426. The lowest BCUT2D eigenvalue weighted by molar-refractivity contribution is 0.0951. The van der Waals surface area contributed by atoms with Gasteiger partial charge in [-0.2, -0.15) is 0 Å². The molecular weight excluding hydrogens is 529 g/mol. The molecule has 1 aliphatic heterocycles. The highest BCUT2D eigenvalue weighted by atomic mass is 32.2. The van der Waals surface area contributed by atoms with Crippen LogP contribution in [-0.4, -0.2) is 31.4 Å². The zero-order valence-electron chi connectivity index (χ0n) is 19.7. The Labute approximate surface area is 221 Å². The van der Waals surface area contributed by atoms with Gasteiger partial charge in [0.15, 0.2) is 0 Å². The van der Waals surface area contributed by atoms with Gasteiger partial charge in [-0.05, 0) is 55.0 Å². The summed E-state index contributed by atoms with van der Waals surface area (Å²) in [4.78, 5) is 24.8. The van der Waals surface area contributed by atoms with Crippen LogP contribution in [0.5, 0.6) is 5.88 Å². The average Bonchev–Trinajstić information content (AvgIpc) is 3.51. The zero-order valence-corrected chi connectivity index (χ0v) is 22.2. The number of fused-ring (bicyclic) bond motifs is 9. The van der Waals surface area contributed by atoms with Crippen molar-refractivity contribution < 1.29 is 17.9 Å². The molecule has 0 radical (unpaired) electrons. The molecule has 1 aliphatic rings. The highest BCUT2D eigenvalue weighted by Gasteiger charge is 2.22. The second kappa shape index (κ2) is 8.94. The third-order valence-corrected chi connectivity index (χ3v) is 9.96. The number of benzene rings is 1. The second-order valence-electron chi connectivity index (χ2n) is 8.46. The van der Waals surface area contributed by atoms with Gasteiger partial charge < -0.3 is 10.1 Å². The Balaban J connectivity index is 1.59. The van der Waals surface area contributed by atoms with Crippen molar-refractivity contribution in [3.05, 3.63) is 76.9 Å². The van der Waals surface area contributed by atoms with E-state index < -0.39 is 10.0 Å². The minimum Gasteiger partial charge on any atom is -0.480 e. The summed E-state index contributed by atoms with van der Waals surface area (Å²) in [6, 6.07) is 13.7. The monoisotopic (exact) mass is 548 g/mol. The molecule has 6 rings (SSSR count). The number of rotatable bonds is 1. The van der Waals surface area contributed by atoms with Crippen molar-refractivity contribution in [1.29, 1.82) is 0 Å². The highest BCUT2D eigenvalue weighted by molar-refractivity contribution is 7.92. The lowest BCUT2D eigenvalue weighted by Crippen LogP contribution is -2.23. The van der Waals surface area contributed by atoms with Crippen LogP contribution >= 0.6 is 22.7 Å². The summed E-state index contributed by atoms with van der Waals surface area (Å²) >= 11 is 3.18. The predicted molar refractivity (Wildman–Crippen MR) is 146 cm³/mol. The van der Waals surface area contributed by atoms with E-state index in [2.05, 4.69) is 20.0 Å². The van der Waals surface area contributed by atoms with Crippen molar-refractivity contribution >= 4 is 54.5 Å². The Kier molecular flexibility index (Phi) is 5.70. The number of amides is 1. The van der Waals surface area contributed by atoms with E-state index in [0.29, 0.717) is 6.54 Å². The van der Waals surface area contributed by atoms with E-state index in [4.69, 9.17) is 4.74 Å². The number of aromatic nitrogens is 2. The number of nitrogens with zero attached hydrogens (tertiary/aromatic N) is 2. The Bertz CT molecular complexity index is 1810. The summed E-state index contributed by atoms with van der Waals surface area (Å²) < 4.78 is 35.6. The van der Waals surface area contributed by atoms with Crippen LogP contribution in [0.25, 0.3) is 31.1 Å². The zero-order chi connectivity index (χ0) is 25.7. The van der Waals surface area contributed by atoms with Gasteiger partial charge in [0.2, 0.25) is 5.88 Å². The maximum absolute atomic E-state index is 13.3. The minimum atomic E-state index is -4.04. The highest BCUT2D eigenvalue weighted by Crippen LogP contribution is 2.44. The van der Waals surface area contributed by atoms with Crippen LogP contribution < -0.4 is 14.8 Å². The fourth-order valence-electron chi connectivity index (χ4n) is 4.28. The molecule has 2 N–H and O–H groups in total. The Morgan fingerprint density at radius 2 is 1.89 bits per heavy atom. The molecule has 8 nitrogen and oxygen atoms in total. The summed E-state index contributed by atoms with van der Waals surface area (Å²) in [5, 5.41) is 2.89. The molecule has 37 heavy (non-hydrogen) atoms. The van der Waals surface area contributed by atoms with E-state index in [-0.39, 0.29) is 27.9 Å². The van der Waals surface area contributed by atoms with Crippen molar-refractivity contribution in [2.45, 2.75) is 18.4 Å². The molecule has 0 atom stereocenters. The summed E-state index contributed by atoms with van der Waals surface area (Å²) in [6.45, 7) is 2.33. The van der Waals surface area contributed by atoms with E-state index in [1.165, 1.54) is 19.2 Å². The fourth-order valence-corrected chi connectivity index (χ4v) is 7.69. The van der Waals surface area contributed by atoms with Gasteiger partial charge in [0.05, 0.1) is 28.8 Å². The van der Waals surface area contributed by atoms with Crippen LogP contribution in [0.2, 0.25) is 0 Å². The largest absolute Gasteiger partial charge is 0.480 e. The van der Waals surface area contributed by atoms with Crippen molar-refractivity contribution in [2.75, 3.05) is 11.8 Å². The molecule has 1 amide bonds. The number of thiophene rings is 2. The van der Waals surface area contributed by atoms with E-state index in [1.54, 1.807) is 53.3 Å². The van der Waals surface area contributed by atoms with Crippen LogP contribution in [0.3, 0.4) is 0 Å². The van der Waals surface area contributed by atoms with Gasteiger partial charge in [-0.1, -0.05) is 6.07 Å². The summed E-state index contributed by atoms with van der Waals surface area (Å²) in [5.74, 6) is -0.224. The van der Waals surface area contributed by atoms with Crippen LogP contribution in [0, 0.1) is 6.92 Å². The van der Waals surface area contributed by atoms with Crippen molar-refractivity contribution in [3.8, 4) is 26.8 Å². The molecule has 0 fully saturated rings. The van der Waals surface area contributed by atoms with Gasteiger partial charge >= 0.3 is 0 Å². The molecule has 0 saturated carbocycles. The first-order valence-corrected chi connectivity index (χ1v) is 14.4. The third-order valence-electron chi connectivity index (χ3n) is 6.11. The van der Waals surface area contributed by atoms with E-state index in [9.17, 15) is 13.2 Å². The smallest absolute Gasteiger partial charge is 0.262 e. The molecule has 186 valence electrons. The number of hydrogen-bond donors (Lipinski definition) is 2. The summed E-state index contributed by atoms with van der Waals surface area (Å²) in [5.41, 5.74) is 4.11. The summed E-state index contributed by atoms with van der Waals surface area (Å²) in [7, 11) is -2.61. The van der Waals surface area contributed by atoms with Gasteiger partial charge in [0.1, 0.15) is 5.69 Å². The van der Waals surface area contributed by atoms with Crippen LogP contribution in [0.15, 0.2) is 65.8 Å². The Hall–Kier alpha value is -3.80. The molecule has 0 saturated heterocycles. The molecule has 11 heteroatoms. The van der Waals surface area contributed by atoms with E-state index in [1.807, 2.05) is 25.1 Å². The van der Waals surface area contributed by atoms with Crippen molar-refractivity contribution in [2.24, 2.45) is 0 Å². The van der Waals surface area contributed by atoms with Gasteiger partial charge in [0.25, 0.3) is 15.9 Å². The molecule has 0 aliphatic carbocycles. The van der Waals surface area contributed by atoms with Crippen LogP contribution in [0.1, 0.15) is 20.8 Å². The predicted octanol–water partition coefficient (Wildman–Crippen LogP) is 5.45. The first kappa shape index (κ1) is 23.6. The van der Waals surface area contributed by atoms with Gasteiger partial charge in [-0.25, -0.2) is 13.4 Å². The number of nitrogens with one attached hydrogen (secondary N) is 2. The standard InChI is InChI=1S/C26H20N4O4S3/c1-14-22-24-19(8-9-27-22)21-7-6-17(35-21)13-28-25(31)15-4-3-5-18(10-15)37(32,33)30-20-11-16(23(14)36-24)12-29-26(20)34-2/h3-12,30H,13H2,1-2H3,(H,28,31). The Morgan fingerprint density at radius 1 is 1.03 bits per heavy atom. The molecule has 1 aromatic carbocycles. The summed E-state index contributed by atoms with van der Waals surface area (Å²) in [6.07, 6.45) is 3.46. The number of pyridine rings is 2. The normalized spacial score (nSPS) is 14.5. The van der Waals surface area contributed by atoms with Gasteiger partial charge in [0, 0.05) is 43.7 Å². The third kappa shape index (κ3) is 4.14. The molecule has 8 bridgehead atoms. The molecule has 4 aromatic heterocycles. The number of methoxy groups -OCH3 is 1. The lowest BCUT2D eigenvalue weighted by atomic mass is 10.1. The maximum atomic E-state index is 13.3. The molecular formula is C26H20N4O4S3. The molecule has 5 aromatic rings. The Morgan fingerprint density at radius 3 is 2.73 bits per heavy atom. The molecule has 0 unspecified atom stereocenters. The van der Waals surface area contributed by atoms with Crippen molar-refractivity contribution in [1.82, 2.24) is 15.3 Å². The fraction of sp³-hybridized carbons (Fsp3) is 0.115. The topological polar surface area (TPSA) is 110 Å². The SMILES string of the molecule is COc1ncc2cc1NS(=O)(=O)c1cccc(c1)C(=O)NCc1ccc(s1)-c1ccnc3c(C)c-2sc13. The number of sulfonamides is 1. The van der Waals surface area contributed by atoms with Gasteiger partial charge in [-0.15, -0.1) is 22.7 Å².